The lowest BCUT2D eigenvalue weighted by molar-refractivity contribution is 0.554. The van der Waals surface area contributed by atoms with Crippen LogP contribution in [0.4, 0.5) is 8.78 Å². The number of pyridine rings is 1. The molecule has 0 fully saturated rings. The highest BCUT2D eigenvalue weighted by Gasteiger charge is 2.05. The molecule has 1 aromatic heterocycles. The van der Waals surface area contributed by atoms with E-state index in [1.54, 1.807) is 24.3 Å². The van der Waals surface area contributed by atoms with Gasteiger partial charge in [0.15, 0.2) is 0 Å². The number of halogens is 2. The van der Waals surface area contributed by atoms with Crippen molar-refractivity contribution >= 4 is 0 Å². The first kappa shape index (κ1) is 8.81. The zero-order chi connectivity index (χ0) is 9.97. The van der Waals surface area contributed by atoms with Crippen LogP contribution in [0.25, 0.3) is 11.1 Å². The maximum absolute atomic E-state index is 13.3. The van der Waals surface area contributed by atoms with Crippen molar-refractivity contribution in [2.45, 2.75) is 0 Å². The first-order valence-corrected chi connectivity index (χ1v) is 4.14. The highest BCUT2D eigenvalue weighted by Crippen LogP contribution is 2.21. The summed E-state index contributed by atoms with van der Waals surface area (Å²) in [6, 6.07) is 9.69. The van der Waals surface area contributed by atoms with Crippen molar-refractivity contribution in [3.05, 3.63) is 54.4 Å². The monoisotopic (exact) mass is 191 g/mol. The van der Waals surface area contributed by atoms with E-state index in [4.69, 9.17) is 0 Å². The van der Waals surface area contributed by atoms with Gasteiger partial charge in [0, 0.05) is 17.8 Å². The fraction of sp³-hybridized carbons (Fsp3) is 0. The summed E-state index contributed by atoms with van der Waals surface area (Å²) in [5, 5.41) is 0. The summed E-state index contributed by atoms with van der Waals surface area (Å²) in [7, 11) is 0. The Morgan fingerprint density at radius 1 is 1.00 bits per heavy atom. The molecule has 1 nitrogen and oxygen atoms in total. The summed E-state index contributed by atoms with van der Waals surface area (Å²) in [5.41, 5.74) is 1.00. The number of nitrogens with zero attached hydrogens (tertiary/aromatic N) is 1. The van der Waals surface area contributed by atoms with Crippen LogP contribution in [0.3, 0.4) is 0 Å². The minimum absolute atomic E-state index is 0.312. The SMILES string of the molecule is Fc1cc(F)c(-c2ccccc2)cn1. The molecule has 0 atom stereocenters. The van der Waals surface area contributed by atoms with Gasteiger partial charge < -0.3 is 0 Å². The number of hydrogen-bond acceptors (Lipinski definition) is 1. The molecule has 1 aromatic carbocycles. The van der Waals surface area contributed by atoms with Gasteiger partial charge in [0.25, 0.3) is 0 Å². The molecule has 2 rings (SSSR count). The van der Waals surface area contributed by atoms with Crippen LogP contribution in [-0.4, -0.2) is 4.98 Å². The first-order valence-electron chi connectivity index (χ1n) is 4.14. The first-order chi connectivity index (χ1) is 6.77. The quantitative estimate of drug-likeness (QED) is 0.631. The molecule has 2 aromatic rings. The Hall–Kier alpha value is -1.77. The summed E-state index contributed by atoms with van der Waals surface area (Å²) < 4.78 is 25.8. The molecular formula is C11H7F2N. The molecule has 0 aliphatic carbocycles. The van der Waals surface area contributed by atoms with E-state index in [0.29, 0.717) is 11.1 Å². The fourth-order valence-corrected chi connectivity index (χ4v) is 1.24. The Labute approximate surface area is 80.0 Å². The van der Waals surface area contributed by atoms with Crippen LogP contribution in [0.5, 0.6) is 0 Å². The molecule has 14 heavy (non-hydrogen) atoms. The molecule has 0 spiro atoms. The second-order valence-electron chi connectivity index (χ2n) is 2.85. The van der Waals surface area contributed by atoms with Crippen molar-refractivity contribution < 1.29 is 8.78 Å². The third-order valence-corrected chi connectivity index (χ3v) is 1.90. The van der Waals surface area contributed by atoms with Crippen molar-refractivity contribution in [2.24, 2.45) is 0 Å². The van der Waals surface area contributed by atoms with Crippen LogP contribution in [0.15, 0.2) is 42.6 Å². The maximum atomic E-state index is 13.3. The van der Waals surface area contributed by atoms with Crippen molar-refractivity contribution in [1.29, 1.82) is 0 Å². The highest BCUT2D eigenvalue weighted by atomic mass is 19.1. The van der Waals surface area contributed by atoms with Gasteiger partial charge in [-0.3, -0.25) is 0 Å². The summed E-state index contributed by atoms with van der Waals surface area (Å²) in [5.74, 6) is -1.40. The van der Waals surface area contributed by atoms with Gasteiger partial charge in [0.1, 0.15) is 5.82 Å². The van der Waals surface area contributed by atoms with E-state index in [1.807, 2.05) is 6.07 Å². The maximum Gasteiger partial charge on any atom is 0.215 e. The Kier molecular flexibility index (Phi) is 2.23. The van der Waals surface area contributed by atoms with Gasteiger partial charge in [0.05, 0.1) is 0 Å². The smallest absolute Gasteiger partial charge is 0.215 e. The lowest BCUT2D eigenvalue weighted by Gasteiger charge is -2.01. The molecule has 0 aliphatic rings. The molecule has 3 heteroatoms. The number of aromatic nitrogens is 1. The average Bonchev–Trinajstić information content (AvgIpc) is 2.19. The molecule has 0 aliphatic heterocycles. The molecule has 0 saturated heterocycles. The molecular weight excluding hydrogens is 184 g/mol. The Morgan fingerprint density at radius 3 is 2.36 bits per heavy atom. The normalized spacial score (nSPS) is 10.1. The molecule has 1 heterocycles. The average molecular weight is 191 g/mol. The summed E-state index contributed by atoms with van der Waals surface area (Å²) in [6.07, 6.45) is 1.19. The molecule has 0 N–H and O–H groups in total. The van der Waals surface area contributed by atoms with Crippen LogP contribution in [0.1, 0.15) is 0 Å². The Balaban J connectivity index is 2.53. The largest absolute Gasteiger partial charge is 0.227 e. The fourth-order valence-electron chi connectivity index (χ4n) is 1.24. The molecule has 0 saturated carbocycles. The van der Waals surface area contributed by atoms with E-state index in [1.165, 1.54) is 6.20 Å². The zero-order valence-electron chi connectivity index (χ0n) is 7.24. The van der Waals surface area contributed by atoms with Crippen molar-refractivity contribution in [3.8, 4) is 11.1 Å². The van der Waals surface area contributed by atoms with Crippen LogP contribution >= 0.6 is 0 Å². The third kappa shape index (κ3) is 1.62. The zero-order valence-corrected chi connectivity index (χ0v) is 7.24. The van der Waals surface area contributed by atoms with Crippen molar-refractivity contribution in [1.82, 2.24) is 4.98 Å². The highest BCUT2D eigenvalue weighted by molar-refractivity contribution is 5.62. The van der Waals surface area contributed by atoms with Gasteiger partial charge in [-0.05, 0) is 5.56 Å². The van der Waals surface area contributed by atoms with Crippen LogP contribution in [-0.2, 0) is 0 Å². The van der Waals surface area contributed by atoms with Gasteiger partial charge >= 0.3 is 0 Å². The third-order valence-electron chi connectivity index (χ3n) is 1.90. The lowest BCUT2D eigenvalue weighted by Crippen LogP contribution is -1.89. The predicted octanol–water partition coefficient (Wildman–Crippen LogP) is 3.03. The van der Waals surface area contributed by atoms with E-state index < -0.39 is 11.8 Å². The molecule has 0 amide bonds. The van der Waals surface area contributed by atoms with E-state index in [9.17, 15) is 8.78 Å². The van der Waals surface area contributed by atoms with Crippen LogP contribution in [0.2, 0.25) is 0 Å². The van der Waals surface area contributed by atoms with E-state index in [2.05, 4.69) is 4.98 Å². The molecule has 0 unspecified atom stereocenters. The minimum atomic E-state index is -0.804. The molecule has 70 valence electrons. The summed E-state index contributed by atoms with van der Waals surface area (Å²) in [6.45, 7) is 0. The van der Waals surface area contributed by atoms with Gasteiger partial charge in [0.2, 0.25) is 5.95 Å². The summed E-state index contributed by atoms with van der Waals surface area (Å²) in [4.78, 5) is 3.41. The number of benzene rings is 1. The van der Waals surface area contributed by atoms with E-state index in [0.717, 1.165) is 6.07 Å². The van der Waals surface area contributed by atoms with Crippen LogP contribution < -0.4 is 0 Å². The van der Waals surface area contributed by atoms with E-state index in [-0.39, 0.29) is 0 Å². The molecule has 0 bridgehead atoms. The van der Waals surface area contributed by atoms with Gasteiger partial charge in [-0.1, -0.05) is 30.3 Å². The Morgan fingerprint density at radius 2 is 1.71 bits per heavy atom. The second-order valence-corrected chi connectivity index (χ2v) is 2.85. The Bertz CT molecular complexity index is 440. The second kappa shape index (κ2) is 3.54. The lowest BCUT2D eigenvalue weighted by atomic mass is 10.1. The summed E-state index contributed by atoms with van der Waals surface area (Å²) >= 11 is 0. The number of hydrogen-bond donors (Lipinski definition) is 0. The topological polar surface area (TPSA) is 12.9 Å². The van der Waals surface area contributed by atoms with Gasteiger partial charge in [-0.2, -0.15) is 4.39 Å². The minimum Gasteiger partial charge on any atom is -0.227 e. The van der Waals surface area contributed by atoms with Gasteiger partial charge in [-0.15, -0.1) is 0 Å². The van der Waals surface area contributed by atoms with Crippen LogP contribution in [0, 0.1) is 11.8 Å². The van der Waals surface area contributed by atoms with Crippen molar-refractivity contribution in [2.75, 3.05) is 0 Å². The standard InChI is InChI=1S/C11H7F2N/c12-10-6-11(13)14-7-9(10)8-4-2-1-3-5-8/h1-7H. The molecule has 0 radical (unpaired) electrons. The van der Waals surface area contributed by atoms with E-state index >= 15 is 0 Å². The number of rotatable bonds is 1. The predicted molar refractivity (Wildman–Crippen MR) is 49.6 cm³/mol. The van der Waals surface area contributed by atoms with Crippen molar-refractivity contribution in [3.63, 3.8) is 0 Å². The van der Waals surface area contributed by atoms with Gasteiger partial charge in [-0.25, -0.2) is 9.37 Å².